The Morgan fingerprint density at radius 1 is 0.800 bits per heavy atom. The zero-order valence-electron chi connectivity index (χ0n) is 16.4. The van der Waals surface area contributed by atoms with Crippen LogP contribution in [-0.2, 0) is 22.8 Å². The van der Waals surface area contributed by atoms with Crippen LogP contribution in [0.25, 0.3) is 0 Å². The standard InChI is InChI=1S/C24H25NO4S/c25-22(23(28)29)16-30-24(19-4-2-1-3-5-19,20-10-6-17(14-26)7-11-20)21-12-8-18(15-27)9-13-21/h1-13,22,26-27H,14-16,25H2,(H,28,29)/t22-/m1/s1. The zero-order chi connectivity index (χ0) is 21.6. The number of carboxylic acid groups (broad SMARTS) is 1. The van der Waals surface area contributed by atoms with E-state index in [0.29, 0.717) is 0 Å². The number of carboxylic acids is 1. The molecule has 156 valence electrons. The molecule has 6 heteroatoms. The second kappa shape index (κ2) is 9.91. The first kappa shape index (κ1) is 22.1. The Hall–Kier alpha value is -2.64. The molecule has 30 heavy (non-hydrogen) atoms. The molecule has 0 aromatic heterocycles. The molecule has 3 aromatic carbocycles. The number of aliphatic hydroxyl groups excluding tert-OH is 2. The quantitative estimate of drug-likeness (QED) is 0.394. The summed E-state index contributed by atoms with van der Waals surface area (Å²) in [6, 6.07) is 24.2. The van der Waals surface area contributed by atoms with Crippen LogP contribution in [0.1, 0.15) is 27.8 Å². The minimum atomic E-state index is -1.05. The molecule has 0 radical (unpaired) electrons. The van der Waals surface area contributed by atoms with Gasteiger partial charge in [0.1, 0.15) is 6.04 Å². The molecular weight excluding hydrogens is 398 g/mol. The molecule has 3 rings (SSSR count). The first-order valence-corrected chi connectivity index (χ1v) is 10.6. The number of hydrogen-bond acceptors (Lipinski definition) is 5. The number of hydrogen-bond donors (Lipinski definition) is 4. The van der Waals surface area contributed by atoms with Crippen LogP contribution in [0.4, 0.5) is 0 Å². The fourth-order valence-corrected chi connectivity index (χ4v) is 4.88. The van der Waals surface area contributed by atoms with Crippen LogP contribution in [0.15, 0.2) is 78.9 Å². The molecule has 5 nitrogen and oxygen atoms in total. The van der Waals surface area contributed by atoms with Gasteiger partial charge in [0.25, 0.3) is 0 Å². The SMILES string of the molecule is N[C@H](CSC(c1ccccc1)(c1ccc(CO)cc1)c1ccc(CO)cc1)C(=O)O. The molecule has 0 aliphatic rings. The second-order valence-corrected chi connectivity index (χ2v) is 8.25. The molecule has 0 fully saturated rings. The van der Waals surface area contributed by atoms with Gasteiger partial charge in [0, 0.05) is 5.75 Å². The van der Waals surface area contributed by atoms with Crippen molar-refractivity contribution in [3.8, 4) is 0 Å². The van der Waals surface area contributed by atoms with Crippen molar-refractivity contribution in [3.05, 3.63) is 107 Å². The molecule has 0 spiro atoms. The minimum absolute atomic E-state index is 0.0547. The van der Waals surface area contributed by atoms with Crippen LogP contribution in [0.3, 0.4) is 0 Å². The van der Waals surface area contributed by atoms with E-state index in [9.17, 15) is 20.1 Å². The van der Waals surface area contributed by atoms with E-state index in [1.165, 1.54) is 11.8 Å². The molecule has 0 unspecified atom stereocenters. The van der Waals surface area contributed by atoms with Gasteiger partial charge in [-0.15, -0.1) is 11.8 Å². The van der Waals surface area contributed by atoms with E-state index < -0.39 is 16.8 Å². The third-order valence-electron chi connectivity index (χ3n) is 5.06. The fourth-order valence-electron chi connectivity index (χ4n) is 3.40. The highest BCUT2D eigenvalue weighted by molar-refractivity contribution is 8.00. The third kappa shape index (κ3) is 4.57. The van der Waals surface area contributed by atoms with Crippen LogP contribution in [0, 0.1) is 0 Å². The number of thioether (sulfide) groups is 1. The van der Waals surface area contributed by atoms with Crippen molar-refractivity contribution >= 4 is 17.7 Å². The smallest absolute Gasteiger partial charge is 0.321 e. The molecule has 1 atom stereocenters. The maximum atomic E-state index is 11.4. The van der Waals surface area contributed by atoms with Crippen molar-refractivity contribution in [1.29, 1.82) is 0 Å². The highest BCUT2D eigenvalue weighted by Crippen LogP contribution is 2.48. The molecule has 3 aromatic rings. The van der Waals surface area contributed by atoms with Gasteiger partial charge in [0.15, 0.2) is 0 Å². The maximum absolute atomic E-state index is 11.4. The van der Waals surface area contributed by atoms with E-state index in [0.717, 1.165) is 27.8 Å². The number of rotatable bonds is 9. The van der Waals surface area contributed by atoms with Gasteiger partial charge in [-0.05, 0) is 27.8 Å². The maximum Gasteiger partial charge on any atom is 0.321 e. The van der Waals surface area contributed by atoms with Gasteiger partial charge in [-0.1, -0.05) is 78.9 Å². The largest absolute Gasteiger partial charge is 0.480 e. The van der Waals surface area contributed by atoms with E-state index in [1.54, 1.807) is 0 Å². The summed E-state index contributed by atoms with van der Waals surface area (Å²) in [6.45, 7) is -0.109. The molecule has 0 saturated heterocycles. The van der Waals surface area contributed by atoms with Crippen molar-refractivity contribution in [3.63, 3.8) is 0 Å². The lowest BCUT2D eigenvalue weighted by Crippen LogP contribution is -2.36. The van der Waals surface area contributed by atoms with E-state index in [4.69, 9.17) is 5.73 Å². The van der Waals surface area contributed by atoms with Crippen LogP contribution >= 0.6 is 11.8 Å². The summed E-state index contributed by atoms with van der Waals surface area (Å²) in [5.74, 6) is -0.844. The van der Waals surface area contributed by atoms with Crippen LogP contribution in [0.5, 0.6) is 0 Å². The number of benzene rings is 3. The van der Waals surface area contributed by atoms with Crippen molar-refractivity contribution < 1.29 is 20.1 Å². The van der Waals surface area contributed by atoms with Crippen LogP contribution < -0.4 is 5.73 Å². The number of nitrogens with two attached hydrogens (primary N) is 1. The molecule has 0 amide bonds. The summed E-state index contributed by atoms with van der Waals surface area (Å²) in [7, 11) is 0. The number of carbonyl (C=O) groups is 1. The van der Waals surface area contributed by atoms with E-state index in [-0.39, 0.29) is 19.0 Å². The van der Waals surface area contributed by atoms with E-state index in [2.05, 4.69) is 0 Å². The fraction of sp³-hybridized carbons (Fsp3) is 0.208. The predicted octanol–water partition coefficient (Wildman–Crippen LogP) is 3.11. The van der Waals surface area contributed by atoms with Crippen molar-refractivity contribution in [2.75, 3.05) is 5.75 Å². The van der Waals surface area contributed by atoms with Gasteiger partial charge >= 0.3 is 5.97 Å². The lowest BCUT2D eigenvalue weighted by Gasteiger charge is -2.36. The summed E-state index contributed by atoms with van der Waals surface area (Å²) in [5, 5.41) is 28.2. The van der Waals surface area contributed by atoms with Crippen molar-refractivity contribution in [1.82, 2.24) is 0 Å². The Labute approximate surface area is 180 Å². The average molecular weight is 424 g/mol. The van der Waals surface area contributed by atoms with Gasteiger partial charge in [-0.3, -0.25) is 4.79 Å². The van der Waals surface area contributed by atoms with Crippen molar-refractivity contribution in [2.45, 2.75) is 24.0 Å². The lowest BCUT2D eigenvalue weighted by atomic mass is 9.83. The summed E-state index contributed by atoms with van der Waals surface area (Å²) in [4.78, 5) is 11.4. The van der Waals surface area contributed by atoms with Crippen LogP contribution in [0.2, 0.25) is 0 Å². The Balaban J connectivity index is 2.21. The first-order valence-electron chi connectivity index (χ1n) is 9.59. The Morgan fingerprint density at radius 3 is 1.63 bits per heavy atom. The summed E-state index contributed by atoms with van der Waals surface area (Å²) in [5.41, 5.74) is 10.3. The highest BCUT2D eigenvalue weighted by Gasteiger charge is 2.38. The molecular formula is C24H25NO4S. The van der Waals surface area contributed by atoms with Gasteiger partial charge in [-0.2, -0.15) is 0 Å². The Morgan fingerprint density at radius 2 is 1.23 bits per heavy atom. The first-order chi connectivity index (χ1) is 14.5. The summed E-state index contributed by atoms with van der Waals surface area (Å²) >= 11 is 1.46. The topological polar surface area (TPSA) is 104 Å². The van der Waals surface area contributed by atoms with Gasteiger partial charge in [0.2, 0.25) is 0 Å². The predicted molar refractivity (Wildman–Crippen MR) is 119 cm³/mol. The normalized spacial score (nSPS) is 12.5. The summed E-state index contributed by atoms with van der Waals surface area (Å²) in [6.07, 6.45) is 0. The second-order valence-electron chi connectivity index (χ2n) is 7.01. The monoisotopic (exact) mass is 423 g/mol. The Kier molecular flexibility index (Phi) is 7.29. The Bertz CT molecular complexity index is 911. The van der Waals surface area contributed by atoms with E-state index >= 15 is 0 Å². The van der Waals surface area contributed by atoms with Gasteiger partial charge < -0.3 is 21.1 Å². The van der Waals surface area contributed by atoms with Crippen LogP contribution in [-0.4, -0.2) is 33.1 Å². The third-order valence-corrected chi connectivity index (χ3v) is 6.73. The molecule has 0 saturated carbocycles. The molecule has 0 bridgehead atoms. The van der Waals surface area contributed by atoms with Gasteiger partial charge in [0.05, 0.1) is 18.0 Å². The molecule has 0 heterocycles. The van der Waals surface area contributed by atoms with Gasteiger partial charge in [-0.25, -0.2) is 0 Å². The average Bonchev–Trinajstić information content (AvgIpc) is 2.80. The lowest BCUT2D eigenvalue weighted by molar-refractivity contribution is -0.137. The number of aliphatic carboxylic acids is 1. The van der Waals surface area contributed by atoms with E-state index in [1.807, 2.05) is 78.9 Å². The number of aliphatic hydroxyl groups is 2. The summed E-state index contributed by atoms with van der Waals surface area (Å²) < 4.78 is -0.712. The minimum Gasteiger partial charge on any atom is -0.480 e. The molecule has 0 aliphatic carbocycles. The zero-order valence-corrected chi connectivity index (χ0v) is 17.3. The molecule has 5 N–H and O–H groups in total. The highest BCUT2D eigenvalue weighted by atomic mass is 32.2. The van der Waals surface area contributed by atoms with Crippen molar-refractivity contribution in [2.24, 2.45) is 5.73 Å². The molecule has 0 aliphatic heterocycles.